The number of hydrogen-bond donors (Lipinski definition) is 2. The highest BCUT2D eigenvalue weighted by atomic mass is 16.5. The van der Waals surface area contributed by atoms with Gasteiger partial charge >= 0.3 is 0 Å². The number of benzene rings is 1. The van der Waals surface area contributed by atoms with Crippen molar-refractivity contribution in [2.45, 2.75) is 31.9 Å². The molecule has 1 aromatic rings. The second kappa shape index (κ2) is 4.37. The molecule has 1 aliphatic rings. The minimum Gasteiger partial charge on any atom is -0.507 e. The van der Waals surface area contributed by atoms with Gasteiger partial charge in [-0.2, -0.15) is 0 Å². The topological polar surface area (TPSA) is 58.6 Å². The van der Waals surface area contributed by atoms with Crippen molar-refractivity contribution in [1.82, 2.24) is 5.32 Å². The van der Waals surface area contributed by atoms with E-state index in [2.05, 4.69) is 5.32 Å². The van der Waals surface area contributed by atoms with Crippen molar-refractivity contribution >= 4 is 5.91 Å². The van der Waals surface area contributed by atoms with Crippen molar-refractivity contribution in [2.75, 3.05) is 6.61 Å². The van der Waals surface area contributed by atoms with Gasteiger partial charge in [0, 0.05) is 6.61 Å². The van der Waals surface area contributed by atoms with Crippen molar-refractivity contribution in [1.29, 1.82) is 0 Å². The van der Waals surface area contributed by atoms with E-state index in [1.54, 1.807) is 18.2 Å². The number of amides is 1. The zero-order valence-electron chi connectivity index (χ0n) is 10.1. The van der Waals surface area contributed by atoms with Gasteiger partial charge < -0.3 is 15.2 Å². The molecular weight excluding hydrogens is 218 g/mol. The Labute approximate surface area is 101 Å². The molecular formula is C13H17NO3. The molecule has 0 radical (unpaired) electrons. The summed E-state index contributed by atoms with van der Waals surface area (Å²) >= 11 is 0. The third kappa shape index (κ3) is 2.26. The summed E-state index contributed by atoms with van der Waals surface area (Å²) < 4.78 is 5.46. The highest BCUT2D eigenvalue weighted by Gasteiger charge is 2.38. The van der Waals surface area contributed by atoms with Crippen LogP contribution in [0.5, 0.6) is 5.75 Å². The zero-order valence-corrected chi connectivity index (χ0v) is 10.1. The highest BCUT2D eigenvalue weighted by Crippen LogP contribution is 2.26. The molecule has 0 spiro atoms. The average molecular weight is 235 g/mol. The molecule has 1 aliphatic heterocycles. The van der Waals surface area contributed by atoms with Crippen LogP contribution in [0.15, 0.2) is 24.3 Å². The van der Waals surface area contributed by atoms with Crippen LogP contribution in [-0.2, 0) is 4.74 Å². The van der Waals surface area contributed by atoms with Crippen LogP contribution >= 0.6 is 0 Å². The van der Waals surface area contributed by atoms with Gasteiger partial charge in [0.2, 0.25) is 0 Å². The lowest BCUT2D eigenvalue weighted by molar-refractivity contribution is 0.0725. The van der Waals surface area contributed by atoms with E-state index in [-0.39, 0.29) is 23.3 Å². The third-order valence-electron chi connectivity index (χ3n) is 3.43. The van der Waals surface area contributed by atoms with Crippen molar-refractivity contribution in [3.63, 3.8) is 0 Å². The van der Waals surface area contributed by atoms with E-state index in [0.29, 0.717) is 12.2 Å². The molecule has 0 bridgehead atoms. The van der Waals surface area contributed by atoms with Crippen LogP contribution in [0, 0.1) is 0 Å². The molecule has 1 saturated heterocycles. The maximum atomic E-state index is 12.0. The van der Waals surface area contributed by atoms with E-state index in [9.17, 15) is 9.90 Å². The van der Waals surface area contributed by atoms with Crippen LogP contribution in [-0.4, -0.2) is 29.3 Å². The van der Waals surface area contributed by atoms with Crippen LogP contribution in [0.2, 0.25) is 0 Å². The summed E-state index contributed by atoms with van der Waals surface area (Å²) in [6.45, 7) is 4.55. The lowest BCUT2D eigenvalue weighted by Gasteiger charge is -2.29. The monoisotopic (exact) mass is 235 g/mol. The number of carbonyl (C=O) groups is 1. The minimum absolute atomic E-state index is 0.000156. The fourth-order valence-electron chi connectivity index (χ4n) is 1.99. The normalized spacial score (nSPS) is 28.0. The summed E-state index contributed by atoms with van der Waals surface area (Å²) in [4.78, 5) is 12.0. The summed E-state index contributed by atoms with van der Waals surface area (Å²) in [5.41, 5.74) is -0.0628. The smallest absolute Gasteiger partial charge is 0.255 e. The third-order valence-corrected chi connectivity index (χ3v) is 3.43. The number of hydrogen-bond acceptors (Lipinski definition) is 3. The Bertz CT molecular complexity index is 432. The molecule has 1 fully saturated rings. The molecule has 92 valence electrons. The lowest BCUT2D eigenvalue weighted by Crippen LogP contribution is -2.50. The lowest BCUT2D eigenvalue weighted by atomic mass is 9.94. The molecule has 2 N–H and O–H groups in total. The molecule has 0 saturated carbocycles. The fourth-order valence-corrected chi connectivity index (χ4v) is 1.99. The number of carbonyl (C=O) groups excluding carboxylic acids is 1. The van der Waals surface area contributed by atoms with E-state index < -0.39 is 0 Å². The van der Waals surface area contributed by atoms with Crippen LogP contribution in [0.1, 0.15) is 30.6 Å². The van der Waals surface area contributed by atoms with Gasteiger partial charge in [-0.3, -0.25) is 4.79 Å². The number of ether oxygens (including phenoxy) is 1. The van der Waals surface area contributed by atoms with E-state index in [0.717, 1.165) is 6.42 Å². The SMILES string of the molecule is CC1OCCC1(C)NC(=O)c1ccccc1O. The van der Waals surface area contributed by atoms with Gasteiger partial charge in [0.25, 0.3) is 5.91 Å². The predicted octanol–water partition coefficient (Wildman–Crippen LogP) is 1.69. The number of rotatable bonds is 2. The molecule has 4 nitrogen and oxygen atoms in total. The summed E-state index contributed by atoms with van der Waals surface area (Å²) in [6.07, 6.45) is 0.769. The molecule has 2 rings (SSSR count). The number of aromatic hydroxyl groups is 1. The number of phenolic OH excluding ortho intramolecular Hbond substituents is 1. The standard InChI is InChI=1S/C13H17NO3/c1-9-13(2,7-8-17-9)14-12(16)10-5-3-4-6-11(10)15/h3-6,9,15H,7-8H2,1-2H3,(H,14,16). The molecule has 17 heavy (non-hydrogen) atoms. The highest BCUT2D eigenvalue weighted by molar-refractivity contribution is 5.97. The fraction of sp³-hybridized carbons (Fsp3) is 0.462. The van der Waals surface area contributed by atoms with Gasteiger partial charge in [0.15, 0.2) is 0 Å². The van der Waals surface area contributed by atoms with Gasteiger partial charge in [-0.05, 0) is 32.4 Å². The molecule has 2 atom stereocenters. The van der Waals surface area contributed by atoms with E-state index in [1.807, 2.05) is 13.8 Å². The van der Waals surface area contributed by atoms with Crippen LogP contribution in [0.4, 0.5) is 0 Å². The van der Waals surface area contributed by atoms with Crippen LogP contribution in [0.3, 0.4) is 0 Å². The Morgan fingerprint density at radius 1 is 1.53 bits per heavy atom. The molecule has 0 aliphatic carbocycles. The first kappa shape index (κ1) is 11.9. The summed E-state index contributed by atoms with van der Waals surface area (Å²) in [5, 5.41) is 12.6. The van der Waals surface area contributed by atoms with E-state index in [4.69, 9.17) is 4.74 Å². The van der Waals surface area contributed by atoms with Gasteiger partial charge in [-0.15, -0.1) is 0 Å². The Balaban J connectivity index is 2.15. The van der Waals surface area contributed by atoms with E-state index >= 15 is 0 Å². The molecule has 4 heteroatoms. The maximum Gasteiger partial charge on any atom is 0.255 e. The largest absolute Gasteiger partial charge is 0.507 e. The first-order valence-electron chi connectivity index (χ1n) is 5.75. The van der Waals surface area contributed by atoms with Crippen LogP contribution < -0.4 is 5.32 Å². The predicted molar refractivity (Wildman–Crippen MR) is 64.0 cm³/mol. The Hall–Kier alpha value is -1.55. The van der Waals surface area contributed by atoms with Crippen molar-refractivity contribution in [2.24, 2.45) is 0 Å². The van der Waals surface area contributed by atoms with Crippen LogP contribution in [0.25, 0.3) is 0 Å². The summed E-state index contributed by atoms with van der Waals surface area (Å²) in [7, 11) is 0. The quantitative estimate of drug-likeness (QED) is 0.820. The van der Waals surface area contributed by atoms with Crippen molar-refractivity contribution < 1.29 is 14.6 Å². The molecule has 1 aromatic carbocycles. The first-order valence-corrected chi connectivity index (χ1v) is 5.75. The summed E-state index contributed by atoms with van der Waals surface area (Å²) in [6, 6.07) is 6.53. The maximum absolute atomic E-state index is 12.0. The Morgan fingerprint density at radius 2 is 2.24 bits per heavy atom. The zero-order chi connectivity index (χ0) is 12.5. The molecule has 2 unspecified atom stereocenters. The van der Waals surface area contributed by atoms with Gasteiger partial charge in [-0.1, -0.05) is 12.1 Å². The van der Waals surface area contributed by atoms with Gasteiger partial charge in [0.05, 0.1) is 17.2 Å². The number of phenols is 1. The second-order valence-corrected chi connectivity index (χ2v) is 4.65. The Kier molecular flexibility index (Phi) is 3.07. The van der Waals surface area contributed by atoms with Gasteiger partial charge in [-0.25, -0.2) is 0 Å². The molecule has 0 aromatic heterocycles. The number of para-hydroxylation sites is 1. The number of nitrogens with one attached hydrogen (secondary N) is 1. The minimum atomic E-state index is -0.362. The van der Waals surface area contributed by atoms with Gasteiger partial charge in [0.1, 0.15) is 5.75 Å². The first-order chi connectivity index (χ1) is 8.03. The second-order valence-electron chi connectivity index (χ2n) is 4.65. The van der Waals surface area contributed by atoms with E-state index in [1.165, 1.54) is 6.07 Å². The molecule has 1 heterocycles. The molecule has 1 amide bonds. The average Bonchev–Trinajstić information content (AvgIpc) is 2.59. The Morgan fingerprint density at radius 3 is 2.82 bits per heavy atom. The summed E-state index contributed by atoms with van der Waals surface area (Å²) in [5.74, 6) is -0.261. The van der Waals surface area contributed by atoms with Crippen molar-refractivity contribution in [3.8, 4) is 5.75 Å². The van der Waals surface area contributed by atoms with Crippen molar-refractivity contribution in [3.05, 3.63) is 29.8 Å².